The molecule has 3 nitrogen and oxygen atoms in total. The lowest BCUT2D eigenvalue weighted by Crippen LogP contribution is -1.99. The Labute approximate surface area is 172 Å². The molecule has 0 saturated carbocycles. The van der Waals surface area contributed by atoms with Crippen molar-refractivity contribution < 1.29 is 14.3 Å². The lowest BCUT2D eigenvalue weighted by molar-refractivity contribution is 0.104. The number of allylic oxidation sites excluding steroid dienone is 1. The Kier molecular flexibility index (Phi) is 7.23. The Hall–Kier alpha value is -3.33. The minimum Gasteiger partial charge on any atom is -0.493 e. The fourth-order valence-electron chi connectivity index (χ4n) is 2.96. The highest BCUT2D eigenvalue weighted by Gasteiger charge is 2.06. The largest absolute Gasteiger partial charge is 0.493 e. The Morgan fingerprint density at radius 2 is 1.62 bits per heavy atom. The molecule has 0 saturated heterocycles. The van der Waals surface area contributed by atoms with Gasteiger partial charge in [-0.1, -0.05) is 80.1 Å². The molecule has 0 unspecified atom stereocenters. The molecule has 3 rings (SSSR count). The maximum atomic E-state index is 12.5. The maximum Gasteiger partial charge on any atom is 0.185 e. The number of methoxy groups -OCH3 is 1. The van der Waals surface area contributed by atoms with Gasteiger partial charge in [0.25, 0.3) is 0 Å². The van der Waals surface area contributed by atoms with Crippen molar-refractivity contribution in [3.05, 3.63) is 90.0 Å². The highest BCUT2D eigenvalue weighted by atomic mass is 16.5. The summed E-state index contributed by atoms with van der Waals surface area (Å²) in [5.74, 6) is 1.36. The van der Waals surface area contributed by atoms with E-state index in [9.17, 15) is 4.79 Å². The van der Waals surface area contributed by atoms with E-state index < -0.39 is 0 Å². The van der Waals surface area contributed by atoms with E-state index in [-0.39, 0.29) is 5.78 Å². The smallest absolute Gasteiger partial charge is 0.185 e. The molecule has 148 valence electrons. The minimum absolute atomic E-state index is 0.0353. The zero-order valence-corrected chi connectivity index (χ0v) is 16.9. The van der Waals surface area contributed by atoms with Gasteiger partial charge in [0.2, 0.25) is 0 Å². The first kappa shape index (κ1) is 20.4. The van der Waals surface area contributed by atoms with Gasteiger partial charge in [-0.3, -0.25) is 4.79 Å². The molecule has 3 aromatic carbocycles. The normalized spacial score (nSPS) is 10.8. The number of carbonyl (C=O) groups excluding carboxylic acids is 1. The number of ether oxygens (including phenoxy) is 2. The SMILES string of the molecule is CCCCOc1ccc(/C=C/C(=O)c2ccc(-c3ccccc3)cc2)cc1OC. The van der Waals surface area contributed by atoms with E-state index in [2.05, 4.69) is 19.1 Å². The topological polar surface area (TPSA) is 35.5 Å². The number of unbranched alkanes of at least 4 members (excludes halogenated alkanes) is 1. The molecule has 3 aromatic rings. The highest BCUT2D eigenvalue weighted by molar-refractivity contribution is 6.07. The molecule has 0 aromatic heterocycles. The fourth-order valence-corrected chi connectivity index (χ4v) is 2.96. The molecular formula is C26H26O3. The van der Waals surface area contributed by atoms with E-state index in [0.29, 0.717) is 17.9 Å². The van der Waals surface area contributed by atoms with Crippen LogP contribution in [0, 0.1) is 0 Å². The van der Waals surface area contributed by atoms with Crippen LogP contribution in [0.15, 0.2) is 78.9 Å². The summed E-state index contributed by atoms with van der Waals surface area (Å²) in [6.45, 7) is 2.79. The van der Waals surface area contributed by atoms with Crippen LogP contribution in [0.3, 0.4) is 0 Å². The average molecular weight is 386 g/mol. The maximum absolute atomic E-state index is 12.5. The minimum atomic E-state index is -0.0353. The van der Waals surface area contributed by atoms with Crippen molar-refractivity contribution in [3.63, 3.8) is 0 Å². The Morgan fingerprint density at radius 1 is 0.897 bits per heavy atom. The Bertz CT molecular complexity index is 957. The van der Waals surface area contributed by atoms with Gasteiger partial charge in [-0.15, -0.1) is 0 Å². The van der Waals surface area contributed by atoms with E-state index in [0.717, 1.165) is 35.3 Å². The van der Waals surface area contributed by atoms with Crippen molar-refractivity contribution in [2.75, 3.05) is 13.7 Å². The molecular weight excluding hydrogens is 360 g/mol. The number of benzene rings is 3. The van der Waals surface area contributed by atoms with E-state index in [1.807, 2.05) is 60.7 Å². The summed E-state index contributed by atoms with van der Waals surface area (Å²) in [5.41, 5.74) is 3.77. The molecule has 0 fully saturated rings. The number of carbonyl (C=O) groups is 1. The van der Waals surface area contributed by atoms with E-state index in [1.165, 1.54) is 0 Å². The van der Waals surface area contributed by atoms with Gasteiger partial charge in [0.15, 0.2) is 17.3 Å². The summed E-state index contributed by atoms with van der Waals surface area (Å²) in [7, 11) is 1.62. The molecule has 0 amide bonds. The van der Waals surface area contributed by atoms with Crippen LogP contribution in [-0.2, 0) is 0 Å². The zero-order valence-electron chi connectivity index (χ0n) is 16.9. The molecule has 0 aliphatic rings. The first-order valence-corrected chi connectivity index (χ1v) is 9.90. The molecule has 0 atom stereocenters. The molecule has 3 heteroatoms. The average Bonchev–Trinajstić information content (AvgIpc) is 2.79. The van der Waals surface area contributed by atoms with Crippen molar-refractivity contribution in [1.29, 1.82) is 0 Å². The van der Waals surface area contributed by atoms with Gasteiger partial charge in [0.1, 0.15) is 0 Å². The van der Waals surface area contributed by atoms with Crippen LogP contribution in [-0.4, -0.2) is 19.5 Å². The van der Waals surface area contributed by atoms with Gasteiger partial charge in [-0.2, -0.15) is 0 Å². The van der Waals surface area contributed by atoms with E-state index >= 15 is 0 Å². The first-order valence-electron chi connectivity index (χ1n) is 9.90. The highest BCUT2D eigenvalue weighted by Crippen LogP contribution is 2.29. The molecule has 0 aliphatic heterocycles. The first-order chi connectivity index (χ1) is 14.2. The van der Waals surface area contributed by atoms with Gasteiger partial charge in [0.05, 0.1) is 13.7 Å². The summed E-state index contributed by atoms with van der Waals surface area (Å²) < 4.78 is 11.2. The van der Waals surface area contributed by atoms with E-state index in [4.69, 9.17) is 9.47 Å². The lowest BCUT2D eigenvalue weighted by atomic mass is 10.0. The third kappa shape index (κ3) is 5.58. The van der Waals surface area contributed by atoms with Crippen molar-refractivity contribution >= 4 is 11.9 Å². The monoisotopic (exact) mass is 386 g/mol. The van der Waals surface area contributed by atoms with Crippen LogP contribution >= 0.6 is 0 Å². The van der Waals surface area contributed by atoms with Crippen LogP contribution < -0.4 is 9.47 Å². The molecule has 0 aliphatic carbocycles. The van der Waals surface area contributed by atoms with Crippen LogP contribution in [0.5, 0.6) is 11.5 Å². The predicted octanol–water partition coefficient (Wildman–Crippen LogP) is 6.44. The standard InChI is InChI=1S/C26H26O3/c1-3-4-18-29-25-17-11-20(19-26(25)28-2)10-16-24(27)23-14-12-22(13-15-23)21-8-6-5-7-9-21/h5-17,19H,3-4,18H2,1-2H3/b16-10+. The summed E-state index contributed by atoms with van der Waals surface area (Å²) in [6.07, 6.45) is 5.47. The summed E-state index contributed by atoms with van der Waals surface area (Å²) in [6, 6.07) is 23.5. The second-order valence-corrected chi connectivity index (χ2v) is 6.75. The molecule has 0 spiro atoms. The van der Waals surface area contributed by atoms with Crippen LogP contribution in [0.4, 0.5) is 0 Å². The quantitative estimate of drug-likeness (QED) is 0.241. The van der Waals surface area contributed by atoms with Crippen molar-refractivity contribution in [1.82, 2.24) is 0 Å². The van der Waals surface area contributed by atoms with Crippen molar-refractivity contribution in [3.8, 4) is 22.6 Å². The summed E-state index contributed by atoms with van der Waals surface area (Å²) >= 11 is 0. The van der Waals surface area contributed by atoms with Gasteiger partial charge in [-0.25, -0.2) is 0 Å². The number of ketones is 1. The van der Waals surface area contributed by atoms with Gasteiger partial charge in [-0.05, 0) is 41.3 Å². The van der Waals surface area contributed by atoms with Crippen LogP contribution in [0.25, 0.3) is 17.2 Å². The summed E-state index contributed by atoms with van der Waals surface area (Å²) in [5, 5.41) is 0. The lowest BCUT2D eigenvalue weighted by Gasteiger charge is -2.10. The second-order valence-electron chi connectivity index (χ2n) is 6.75. The van der Waals surface area contributed by atoms with Crippen molar-refractivity contribution in [2.24, 2.45) is 0 Å². The number of hydrogen-bond donors (Lipinski definition) is 0. The number of rotatable bonds is 9. The molecule has 29 heavy (non-hydrogen) atoms. The molecule has 0 radical (unpaired) electrons. The predicted molar refractivity (Wildman–Crippen MR) is 119 cm³/mol. The third-order valence-electron chi connectivity index (χ3n) is 4.65. The Balaban J connectivity index is 1.68. The van der Waals surface area contributed by atoms with Gasteiger partial charge in [0, 0.05) is 5.56 Å². The summed E-state index contributed by atoms with van der Waals surface area (Å²) in [4.78, 5) is 12.5. The van der Waals surface area contributed by atoms with Crippen molar-refractivity contribution in [2.45, 2.75) is 19.8 Å². The van der Waals surface area contributed by atoms with E-state index in [1.54, 1.807) is 19.3 Å². The molecule has 0 N–H and O–H groups in total. The number of hydrogen-bond acceptors (Lipinski definition) is 3. The molecule has 0 heterocycles. The second kappa shape index (κ2) is 10.3. The fraction of sp³-hybridized carbons (Fsp3) is 0.192. The van der Waals surface area contributed by atoms with Crippen LogP contribution in [0.2, 0.25) is 0 Å². The van der Waals surface area contributed by atoms with Gasteiger partial charge >= 0.3 is 0 Å². The Morgan fingerprint density at radius 3 is 2.31 bits per heavy atom. The van der Waals surface area contributed by atoms with Gasteiger partial charge < -0.3 is 9.47 Å². The zero-order chi connectivity index (χ0) is 20.5. The van der Waals surface area contributed by atoms with Crippen LogP contribution in [0.1, 0.15) is 35.7 Å². The third-order valence-corrected chi connectivity index (χ3v) is 4.65. The molecule has 0 bridgehead atoms.